The molecule has 0 heterocycles. The Labute approximate surface area is 123 Å². The molecule has 0 saturated carbocycles. The minimum atomic E-state index is -5.08. The topological polar surface area (TPSA) is 72.5 Å². The van der Waals surface area contributed by atoms with Gasteiger partial charge in [0.2, 0.25) is 0 Å². The molecule has 1 aromatic rings. The van der Waals surface area contributed by atoms with Gasteiger partial charge >= 0.3 is 12.1 Å². The fraction of sp³-hybridized carbons (Fsp3) is 0.417. The third kappa shape index (κ3) is 8.36. The van der Waals surface area contributed by atoms with Crippen LogP contribution < -0.4 is 10.5 Å². The monoisotopic (exact) mass is 331 g/mol. The van der Waals surface area contributed by atoms with Crippen molar-refractivity contribution in [3.63, 3.8) is 0 Å². The van der Waals surface area contributed by atoms with Crippen molar-refractivity contribution in [2.75, 3.05) is 19.8 Å². The Hall–Kier alpha value is -1.54. The van der Waals surface area contributed by atoms with Crippen molar-refractivity contribution in [3.05, 3.63) is 28.8 Å². The Morgan fingerprint density at radius 1 is 1.38 bits per heavy atom. The predicted octanol–water partition coefficient (Wildman–Crippen LogP) is 2.82. The molecule has 120 valence electrons. The first-order chi connectivity index (χ1) is 9.72. The number of hydrogen-bond donors (Lipinski definition) is 2. The van der Waals surface area contributed by atoms with E-state index < -0.39 is 18.8 Å². The zero-order chi connectivity index (χ0) is 16.5. The number of halogens is 5. The van der Waals surface area contributed by atoms with Crippen LogP contribution in [0.25, 0.3) is 0 Å². The van der Waals surface area contributed by atoms with E-state index in [1.165, 1.54) is 0 Å². The Balaban J connectivity index is 0.000000486. The second-order valence-electron chi connectivity index (χ2n) is 3.64. The molecule has 9 heteroatoms. The Morgan fingerprint density at radius 3 is 2.33 bits per heavy atom. The summed E-state index contributed by atoms with van der Waals surface area (Å²) in [6.45, 7) is 0.109. The van der Waals surface area contributed by atoms with Crippen LogP contribution in [0.5, 0.6) is 5.75 Å². The summed E-state index contributed by atoms with van der Waals surface area (Å²) in [5.41, 5.74) is 6.47. The summed E-state index contributed by atoms with van der Waals surface area (Å²) >= 11 is 5.91. The van der Waals surface area contributed by atoms with E-state index in [0.29, 0.717) is 17.3 Å². The average Bonchev–Trinajstić information content (AvgIpc) is 2.38. The van der Waals surface area contributed by atoms with Crippen LogP contribution in [0.1, 0.15) is 5.56 Å². The van der Waals surface area contributed by atoms with Gasteiger partial charge in [-0.05, 0) is 30.7 Å². The van der Waals surface area contributed by atoms with Gasteiger partial charge in [0.1, 0.15) is 19.0 Å². The van der Waals surface area contributed by atoms with Gasteiger partial charge < -0.3 is 15.6 Å². The van der Waals surface area contributed by atoms with Crippen LogP contribution in [0, 0.1) is 0 Å². The van der Waals surface area contributed by atoms with Crippen molar-refractivity contribution in [1.29, 1.82) is 0 Å². The highest BCUT2D eigenvalue weighted by molar-refractivity contribution is 6.32. The summed E-state index contributed by atoms with van der Waals surface area (Å²) in [6, 6.07) is 5.41. The number of alkyl halides is 4. The van der Waals surface area contributed by atoms with Crippen LogP contribution in [0.15, 0.2) is 18.2 Å². The molecule has 0 saturated heterocycles. The molecule has 0 aliphatic rings. The highest BCUT2D eigenvalue weighted by Crippen LogP contribution is 2.25. The van der Waals surface area contributed by atoms with Crippen LogP contribution in [0.4, 0.5) is 17.6 Å². The Bertz CT molecular complexity index is 455. The number of carboxylic acids is 1. The van der Waals surface area contributed by atoms with Crippen molar-refractivity contribution < 1.29 is 32.2 Å². The van der Waals surface area contributed by atoms with Crippen LogP contribution >= 0.6 is 11.6 Å². The van der Waals surface area contributed by atoms with Crippen LogP contribution in [-0.2, 0) is 11.2 Å². The second kappa shape index (κ2) is 9.41. The number of nitrogens with two attached hydrogens (primary N) is 1. The van der Waals surface area contributed by atoms with Gasteiger partial charge in [0.05, 0.1) is 5.02 Å². The molecule has 0 amide bonds. The molecule has 1 rings (SSSR count). The molecule has 1 aromatic carbocycles. The lowest BCUT2D eigenvalue weighted by atomic mass is 10.1. The van der Waals surface area contributed by atoms with Gasteiger partial charge in [-0.1, -0.05) is 17.7 Å². The van der Waals surface area contributed by atoms with E-state index in [1.807, 2.05) is 6.07 Å². The Morgan fingerprint density at radius 2 is 1.95 bits per heavy atom. The molecule has 0 bridgehead atoms. The van der Waals surface area contributed by atoms with Gasteiger partial charge in [0, 0.05) is 0 Å². The first-order valence-corrected chi connectivity index (χ1v) is 6.07. The van der Waals surface area contributed by atoms with Crippen molar-refractivity contribution in [2.45, 2.75) is 12.6 Å². The number of ether oxygens (including phenoxy) is 1. The number of aliphatic carboxylic acids is 1. The van der Waals surface area contributed by atoms with Crippen molar-refractivity contribution >= 4 is 17.6 Å². The summed E-state index contributed by atoms with van der Waals surface area (Å²) in [5.74, 6) is -2.24. The van der Waals surface area contributed by atoms with Crippen molar-refractivity contribution in [2.24, 2.45) is 5.73 Å². The maximum absolute atomic E-state index is 11.8. The van der Waals surface area contributed by atoms with Gasteiger partial charge in [-0.2, -0.15) is 13.2 Å². The van der Waals surface area contributed by atoms with Gasteiger partial charge in [0.15, 0.2) is 0 Å². The van der Waals surface area contributed by atoms with Gasteiger partial charge in [0.25, 0.3) is 0 Å². The van der Waals surface area contributed by atoms with Crippen molar-refractivity contribution in [3.8, 4) is 5.75 Å². The number of benzene rings is 1. The highest BCUT2D eigenvalue weighted by atomic mass is 35.5. The highest BCUT2D eigenvalue weighted by Gasteiger charge is 2.38. The summed E-state index contributed by atoms with van der Waals surface area (Å²) in [5, 5.41) is 7.63. The van der Waals surface area contributed by atoms with E-state index in [2.05, 4.69) is 0 Å². The van der Waals surface area contributed by atoms with Crippen LogP contribution in [0.3, 0.4) is 0 Å². The number of rotatable bonds is 5. The maximum atomic E-state index is 11.8. The third-order valence-corrected chi connectivity index (χ3v) is 2.30. The minimum Gasteiger partial charge on any atom is -0.489 e. The largest absolute Gasteiger partial charge is 0.490 e. The molecule has 3 N–H and O–H groups in total. The summed E-state index contributed by atoms with van der Waals surface area (Å²) in [4.78, 5) is 8.90. The molecule has 0 aromatic heterocycles. The SMILES string of the molecule is NCCc1ccc(OCCF)c(Cl)c1.O=C(O)C(F)(F)F. The molecular weight excluding hydrogens is 318 g/mol. The van der Waals surface area contributed by atoms with E-state index in [9.17, 15) is 17.6 Å². The first kappa shape index (κ1) is 19.5. The fourth-order valence-corrected chi connectivity index (χ4v) is 1.39. The minimum absolute atomic E-state index is 0.0377. The standard InChI is InChI=1S/C10H13ClFNO.C2HF3O2/c11-9-7-8(3-5-13)1-2-10(9)14-6-4-12;3-2(4,5)1(6)7/h1-2,7H,3-6,13H2;(H,6,7). The van der Waals surface area contributed by atoms with Gasteiger partial charge in [-0.15, -0.1) is 0 Å². The normalized spacial score (nSPS) is 10.6. The summed E-state index contributed by atoms with van der Waals surface area (Å²) < 4.78 is 48.6. The molecule has 0 unspecified atom stereocenters. The molecular formula is C12H14ClF4NO3. The summed E-state index contributed by atoms with van der Waals surface area (Å²) in [6.07, 6.45) is -4.30. The summed E-state index contributed by atoms with van der Waals surface area (Å²) in [7, 11) is 0. The molecule has 21 heavy (non-hydrogen) atoms. The molecule has 0 aliphatic carbocycles. The lowest BCUT2D eigenvalue weighted by Crippen LogP contribution is -2.21. The molecule has 0 fully saturated rings. The molecule has 0 spiro atoms. The second-order valence-corrected chi connectivity index (χ2v) is 4.05. The third-order valence-electron chi connectivity index (χ3n) is 2.01. The lowest BCUT2D eigenvalue weighted by molar-refractivity contribution is -0.192. The number of carbonyl (C=O) groups is 1. The molecule has 0 aliphatic heterocycles. The number of carboxylic acid groups (broad SMARTS) is 1. The van der Waals surface area contributed by atoms with Gasteiger partial charge in [-0.3, -0.25) is 0 Å². The van der Waals surface area contributed by atoms with E-state index in [4.69, 9.17) is 32.0 Å². The predicted molar refractivity (Wildman–Crippen MR) is 69.4 cm³/mol. The fourth-order valence-electron chi connectivity index (χ4n) is 1.13. The molecule has 0 radical (unpaired) electrons. The average molecular weight is 332 g/mol. The maximum Gasteiger partial charge on any atom is 0.490 e. The van der Waals surface area contributed by atoms with Crippen LogP contribution in [0.2, 0.25) is 5.02 Å². The van der Waals surface area contributed by atoms with E-state index in [-0.39, 0.29) is 6.61 Å². The quantitative estimate of drug-likeness (QED) is 0.814. The molecule has 0 atom stereocenters. The smallest absolute Gasteiger partial charge is 0.489 e. The van der Waals surface area contributed by atoms with Gasteiger partial charge in [-0.25, -0.2) is 9.18 Å². The van der Waals surface area contributed by atoms with E-state index in [0.717, 1.165) is 12.0 Å². The number of hydrogen-bond acceptors (Lipinski definition) is 3. The zero-order valence-corrected chi connectivity index (χ0v) is 11.5. The lowest BCUT2D eigenvalue weighted by Gasteiger charge is -2.07. The Kier molecular flexibility index (Phi) is 8.72. The van der Waals surface area contributed by atoms with Crippen molar-refractivity contribution in [1.82, 2.24) is 0 Å². The van der Waals surface area contributed by atoms with Crippen LogP contribution in [-0.4, -0.2) is 37.1 Å². The molecule has 4 nitrogen and oxygen atoms in total. The first-order valence-electron chi connectivity index (χ1n) is 5.69. The van der Waals surface area contributed by atoms with E-state index >= 15 is 0 Å². The zero-order valence-electron chi connectivity index (χ0n) is 10.8. The van der Waals surface area contributed by atoms with E-state index in [1.54, 1.807) is 12.1 Å².